The summed E-state index contributed by atoms with van der Waals surface area (Å²) in [6.45, 7) is -0.0490. The van der Waals surface area contributed by atoms with Gasteiger partial charge in [0.25, 0.3) is 0 Å². The van der Waals surface area contributed by atoms with Crippen LogP contribution in [0.2, 0.25) is 0 Å². The smallest absolute Gasteiger partial charge is 0.326 e. The minimum Gasteiger partial charge on any atom is -0.480 e. The number of hydrogen-bond donors (Lipinski definition) is 3. The molecule has 1 aliphatic heterocycles. The van der Waals surface area contributed by atoms with E-state index in [0.717, 1.165) is 11.1 Å². The Morgan fingerprint density at radius 2 is 1.86 bits per heavy atom. The van der Waals surface area contributed by atoms with Crippen molar-refractivity contribution >= 4 is 17.8 Å². The van der Waals surface area contributed by atoms with E-state index in [1.165, 1.54) is 4.90 Å². The van der Waals surface area contributed by atoms with Gasteiger partial charge in [-0.1, -0.05) is 24.3 Å². The van der Waals surface area contributed by atoms with Gasteiger partial charge in [0.1, 0.15) is 12.1 Å². The Balaban J connectivity index is 1.90. The lowest BCUT2D eigenvalue weighted by atomic mass is 10.1. The van der Waals surface area contributed by atoms with Gasteiger partial charge in [0, 0.05) is 25.8 Å². The first-order valence-electron chi connectivity index (χ1n) is 9.07. The molecule has 0 aromatic heterocycles. The normalized spacial score (nSPS) is 20.1. The summed E-state index contributed by atoms with van der Waals surface area (Å²) < 4.78 is 18.1. The van der Waals surface area contributed by atoms with Gasteiger partial charge in [-0.2, -0.15) is 0 Å². The Kier molecular flexibility index (Phi) is 7.89. The molecular weight excluding hydrogens is 371 g/mol. The van der Waals surface area contributed by atoms with Gasteiger partial charge in [0.05, 0.1) is 19.4 Å². The first-order chi connectivity index (χ1) is 13.3. The molecule has 8 nitrogen and oxygen atoms in total. The lowest BCUT2D eigenvalue weighted by Crippen LogP contribution is -2.41. The number of nitrogens with zero attached hydrogens (tertiary/aromatic N) is 1. The highest BCUT2D eigenvalue weighted by Gasteiger charge is 2.40. The van der Waals surface area contributed by atoms with E-state index in [-0.39, 0.29) is 32.4 Å². The number of rotatable bonds is 10. The highest BCUT2D eigenvalue weighted by atomic mass is 19.1. The molecule has 1 aromatic carbocycles. The number of halogens is 1. The molecule has 2 rings (SSSR count). The molecule has 1 aromatic rings. The first kappa shape index (κ1) is 21.8. The summed E-state index contributed by atoms with van der Waals surface area (Å²) in [6, 6.07) is 5.10. The maximum Gasteiger partial charge on any atom is 0.326 e. The van der Waals surface area contributed by atoms with Crippen molar-refractivity contribution in [2.45, 2.75) is 50.5 Å². The van der Waals surface area contributed by atoms with Gasteiger partial charge in [-0.25, -0.2) is 4.79 Å². The van der Waals surface area contributed by atoms with E-state index in [0.29, 0.717) is 6.42 Å². The Morgan fingerprint density at radius 1 is 1.21 bits per heavy atom. The van der Waals surface area contributed by atoms with Crippen LogP contribution in [-0.2, 0) is 32.1 Å². The number of carboxylic acids is 2. The quantitative estimate of drug-likeness (QED) is 0.537. The SMILES string of the molecule is NC(CCC(=O)N1CC(OCc2ccc(CCF)cc2)CC1C(=O)O)C(=O)O. The third-order valence-corrected chi connectivity index (χ3v) is 4.75. The Hall–Kier alpha value is -2.52. The van der Waals surface area contributed by atoms with Crippen molar-refractivity contribution in [2.75, 3.05) is 13.2 Å². The van der Waals surface area contributed by atoms with Crippen molar-refractivity contribution in [3.8, 4) is 0 Å². The largest absolute Gasteiger partial charge is 0.480 e. The van der Waals surface area contributed by atoms with E-state index in [2.05, 4.69) is 0 Å². The van der Waals surface area contributed by atoms with E-state index in [9.17, 15) is 23.9 Å². The molecule has 1 fully saturated rings. The zero-order valence-electron chi connectivity index (χ0n) is 15.4. The maximum absolute atomic E-state index is 12.3. The summed E-state index contributed by atoms with van der Waals surface area (Å²) in [4.78, 5) is 35.8. The zero-order valence-corrected chi connectivity index (χ0v) is 15.4. The molecule has 154 valence electrons. The second kappa shape index (κ2) is 10.1. The van der Waals surface area contributed by atoms with Crippen molar-refractivity contribution in [1.82, 2.24) is 4.90 Å². The van der Waals surface area contributed by atoms with Crippen LogP contribution >= 0.6 is 0 Å². The number of benzene rings is 1. The fourth-order valence-corrected chi connectivity index (χ4v) is 3.10. The number of carbonyl (C=O) groups is 3. The summed E-state index contributed by atoms with van der Waals surface area (Å²) in [5, 5.41) is 18.2. The molecule has 1 aliphatic rings. The third-order valence-electron chi connectivity index (χ3n) is 4.75. The molecule has 1 heterocycles. The Bertz CT molecular complexity index is 696. The first-order valence-corrected chi connectivity index (χ1v) is 9.07. The summed E-state index contributed by atoms with van der Waals surface area (Å²) in [6.07, 6.45) is -0.129. The van der Waals surface area contributed by atoms with Gasteiger partial charge in [0.2, 0.25) is 5.91 Å². The summed E-state index contributed by atoms with van der Waals surface area (Å²) >= 11 is 0. The molecule has 0 bridgehead atoms. The van der Waals surface area contributed by atoms with Crippen LogP contribution in [0.1, 0.15) is 30.4 Å². The van der Waals surface area contributed by atoms with Crippen LogP contribution in [0.15, 0.2) is 24.3 Å². The molecule has 1 amide bonds. The molecule has 0 spiro atoms. The lowest BCUT2D eigenvalue weighted by molar-refractivity contribution is -0.148. The van der Waals surface area contributed by atoms with Crippen molar-refractivity contribution in [2.24, 2.45) is 5.73 Å². The average molecular weight is 396 g/mol. The average Bonchev–Trinajstić information content (AvgIpc) is 3.10. The van der Waals surface area contributed by atoms with Crippen LogP contribution in [0.3, 0.4) is 0 Å². The van der Waals surface area contributed by atoms with Crippen molar-refractivity contribution in [3.05, 3.63) is 35.4 Å². The molecule has 0 aliphatic carbocycles. The number of amides is 1. The van der Waals surface area contributed by atoms with E-state index >= 15 is 0 Å². The number of carboxylic acid groups (broad SMARTS) is 2. The van der Waals surface area contributed by atoms with Gasteiger partial charge >= 0.3 is 11.9 Å². The second-order valence-electron chi connectivity index (χ2n) is 6.81. The zero-order chi connectivity index (χ0) is 20.7. The van der Waals surface area contributed by atoms with E-state index in [1.807, 2.05) is 24.3 Å². The fourth-order valence-electron chi connectivity index (χ4n) is 3.10. The fraction of sp³-hybridized carbons (Fsp3) is 0.526. The Labute approximate surface area is 162 Å². The van der Waals surface area contributed by atoms with Gasteiger partial charge in [-0.05, 0) is 17.5 Å². The van der Waals surface area contributed by atoms with Crippen molar-refractivity contribution in [3.63, 3.8) is 0 Å². The number of carbonyl (C=O) groups excluding carboxylic acids is 1. The maximum atomic E-state index is 12.3. The van der Waals surface area contributed by atoms with Gasteiger partial charge in [-0.3, -0.25) is 14.0 Å². The summed E-state index contributed by atoms with van der Waals surface area (Å²) in [5.41, 5.74) is 7.15. The lowest BCUT2D eigenvalue weighted by Gasteiger charge is -2.21. The number of likely N-dealkylation sites (tertiary alicyclic amines) is 1. The molecule has 3 atom stereocenters. The van der Waals surface area contributed by atoms with E-state index in [1.54, 1.807) is 0 Å². The number of aliphatic carboxylic acids is 2. The highest BCUT2D eigenvalue weighted by Crippen LogP contribution is 2.23. The molecule has 0 radical (unpaired) electrons. The van der Waals surface area contributed by atoms with E-state index < -0.39 is 42.7 Å². The van der Waals surface area contributed by atoms with E-state index in [4.69, 9.17) is 15.6 Å². The third kappa shape index (κ3) is 6.00. The number of ether oxygens (including phenoxy) is 1. The van der Waals surface area contributed by atoms with Crippen LogP contribution < -0.4 is 5.73 Å². The molecule has 0 saturated carbocycles. The van der Waals surface area contributed by atoms with Crippen molar-refractivity contribution < 1.29 is 33.7 Å². The summed E-state index contributed by atoms with van der Waals surface area (Å²) in [5.74, 6) is -2.79. The highest BCUT2D eigenvalue weighted by molar-refractivity contribution is 5.85. The predicted molar refractivity (Wildman–Crippen MR) is 97.3 cm³/mol. The van der Waals surface area contributed by atoms with Gasteiger partial charge in [-0.15, -0.1) is 0 Å². The molecule has 1 saturated heterocycles. The predicted octanol–water partition coefficient (Wildman–Crippen LogP) is 0.961. The van der Waals surface area contributed by atoms with Crippen LogP contribution in [0.25, 0.3) is 0 Å². The number of nitrogens with two attached hydrogens (primary N) is 1. The van der Waals surface area contributed by atoms with Crippen LogP contribution in [0.5, 0.6) is 0 Å². The van der Waals surface area contributed by atoms with Gasteiger partial charge in [0.15, 0.2) is 0 Å². The van der Waals surface area contributed by atoms with Crippen LogP contribution in [-0.4, -0.2) is 64.4 Å². The molecule has 4 N–H and O–H groups in total. The van der Waals surface area contributed by atoms with Crippen molar-refractivity contribution in [1.29, 1.82) is 0 Å². The standard InChI is InChI=1S/C19H25FN2O6/c20-8-7-12-1-3-13(4-2-12)11-28-14-9-16(19(26)27)22(10-14)17(23)6-5-15(21)18(24)25/h1-4,14-16H,5-11,21H2,(H,24,25)(H,26,27). The molecule has 3 unspecified atom stereocenters. The molecular formula is C19H25FN2O6. The second-order valence-corrected chi connectivity index (χ2v) is 6.81. The summed E-state index contributed by atoms with van der Waals surface area (Å²) in [7, 11) is 0. The molecule has 28 heavy (non-hydrogen) atoms. The number of hydrogen-bond acceptors (Lipinski definition) is 5. The minimum absolute atomic E-state index is 0.0617. The minimum atomic E-state index is -1.21. The topological polar surface area (TPSA) is 130 Å². The number of alkyl halides is 1. The number of aryl methyl sites for hydroxylation is 1. The van der Waals surface area contributed by atoms with Gasteiger partial charge < -0.3 is 25.6 Å². The Morgan fingerprint density at radius 3 is 2.43 bits per heavy atom. The van der Waals surface area contributed by atoms with Crippen LogP contribution in [0.4, 0.5) is 4.39 Å². The monoisotopic (exact) mass is 396 g/mol. The van der Waals surface area contributed by atoms with Crippen LogP contribution in [0, 0.1) is 0 Å². The molecule has 9 heteroatoms.